The van der Waals surface area contributed by atoms with Gasteiger partial charge in [0, 0.05) is 29.5 Å². The summed E-state index contributed by atoms with van der Waals surface area (Å²) in [5.41, 5.74) is 4.15. The molecule has 1 saturated heterocycles. The van der Waals surface area contributed by atoms with E-state index in [4.69, 9.17) is 0 Å². The minimum atomic E-state index is 0. The lowest BCUT2D eigenvalue weighted by atomic mass is 9.68. The van der Waals surface area contributed by atoms with Crippen molar-refractivity contribution in [2.75, 3.05) is 18.0 Å². The van der Waals surface area contributed by atoms with Gasteiger partial charge in [-0.05, 0) is 67.0 Å². The summed E-state index contributed by atoms with van der Waals surface area (Å²) in [5.74, 6) is 0. The molecule has 1 saturated carbocycles. The van der Waals surface area contributed by atoms with Gasteiger partial charge >= 0.3 is 0 Å². The molecule has 0 atom stereocenters. The summed E-state index contributed by atoms with van der Waals surface area (Å²) in [6.07, 6.45) is 12.0. The maximum atomic E-state index is 4.57. The second-order valence-electron chi connectivity index (χ2n) is 7.88. The Morgan fingerprint density at radius 3 is 2.18 bits per heavy atom. The summed E-state index contributed by atoms with van der Waals surface area (Å²) in [4.78, 5) is 7.13. The molecule has 0 unspecified atom stereocenters. The van der Waals surface area contributed by atoms with Gasteiger partial charge in [-0.15, -0.1) is 24.8 Å². The topological polar surface area (TPSA) is 15.6 Å². The Morgan fingerprint density at radius 1 is 0.857 bits per heavy atom. The van der Waals surface area contributed by atoms with Crippen molar-refractivity contribution in [2.45, 2.75) is 44.9 Å². The number of nitrogens with zero attached hydrogens (tertiary/aromatic N) is 2. The van der Waals surface area contributed by atoms with Gasteiger partial charge in [-0.25, -0.2) is 0 Å². The van der Waals surface area contributed by atoms with Crippen LogP contribution in [-0.4, -0.2) is 19.3 Å². The third kappa shape index (κ3) is 5.75. The fourth-order valence-corrected chi connectivity index (χ4v) is 4.90. The fraction of sp³-hybridized carbons (Fsp3) is 0.435. The summed E-state index contributed by atoms with van der Waals surface area (Å²) >= 11 is 3.49. The quantitative estimate of drug-likeness (QED) is 0.410. The van der Waals surface area contributed by atoms with Gasteiger partial charge in [0.15, 0.2) is 0 Å². The smallest absolute Gasteiger partial charge is 0.0641 e. The van der Waals surface area contributed by atoms with Crippen LogP contribution in [0.25, 0.3) is 0 Å². The third-order valence-corrected chi connectivity index (χ3v) is 6.66. The zero-order valence-electron chi connectivity index (χ0n) is 16.1. The highest BCUT2D eigenvalue weighted by molar-refractivity contribution is 9.10. The van der Waals surface area contributed by atoms with Gasteiger partial charge in [0.25, 0.3) is 0 Å². The first-order chi connectivity index (χ1) is 12.7. The Kier molecular flexibility index (Phi) is 8.85. The standard InChI is InChI=1S/C23H27BrN2.2ClH/c24-20-5-4-6-21(17-20)25-18-19-7-9-22(10-8-19)26-15-13-23(14-16-26)11-2-1-3-12-23;;/h4-10,17-18H,1-3,11-16H2;2*1H. The van der Waals surface area contributed by atoms with Gasteiger partial charge in [0.2, 0.25) is 0 Å². The van der Waals surface area contributed by atoms with E-state index in [1.807, 2.05) is 30.5 Å². The number of anilines is 1. The van der Waals surface area contributed by atoms with Crippen molar-refractivity contribution in [3.8, 4) is 0 Å². The van der Waals surface area contributed by atoms with Crippen LogP contribution in [0.4, 0.5) is 11.4 Å². The van der Waals surface area contributed by atoms with Gasteiger partial charge in [-0.3, -0.25) is 4.99 Å². The van der Waals surface area contributed by atoms with Crippen LogP contribution in [0.15, 0.2) is 58.0 Å². The van der Waals surface area contributed by atoms with Gasteiger partial charge in [-0.1, -0.05) is 53.4 Å². The molecule has 2 nitrogen and oxygen atoms in total. The van der Waals surface area contributed by atoms with Gasteiger partial charge in [0.05, 0.1) is 5.69 Å². The van der Waals surface area contributed by atoms with E-state index in [0.29, 0.717) is 5.41 Å². The average molecular weight is 484 g/mol. The molecule has 28 heavy (non-hydrogen) atoms. The second kappa shape index (κ2) is 10.7. The monoisotopic (exact) mass is 482 g/mol. The lowest BCUT2D eigenvalue weighted by Gasteiger charge is -2.45. The summed E-state index contributed by atoms with van der Waals surface area (Å²) in [5, 5.41) is 0. The normalized spacial score (nSPS) is 18.5. The van der Waals surface area contributed by atoms with Crippen molar-refractivity contribution in [1.29, 1.82) is 0 Å². The van der Waals surface area contributed by atoms with Crippen molar-refractivity contribution in [1.82, 2.24) is 0 Å². The van der Waals surface area contributed by atoms with Crippen LogP contribution in [0.1, 0.15) is 50.5 Å². The molecule has 152 valence electrons. The van der Waals surface area contributed by atoms with Crippen LogP contribution in [0.3, 0.4) is 0 Å². The first-order valence-electron chi connectivity index (χ1n) is 9.87. The van der Waals surface area contributed by atoms with Crippen LogP contribution < -0.4 is 4.90 Å². The van der Waals surface area contributed by atoms with Crippen LogP contribution in [0.2, 0.25) is 0 Å². The molecule has 2 aromatic rings. The van der Waals surface area contributed by atoms with Crippen LogP contribution in [0, 0.1) is 5.41 Å². The summed E-state index contributed by atoms with van der Waals surface area (Å²) < 4.78 is 1.06. The van der Waals surface area contributed by atoms with E-state index in [9.17, 15) is 0 Å². The van der Waals surface area contributed by atoms with E-state index in [0.717, 1.165) is 15.7 Å². The van der Waals surface area contributed by atoms with Crippen LogP contribution in [0.5, 0.6) is 0 Å². The Balaban J connectivity index is 0.00000140. The van der Waals surface area contributed by atoms with Crippen LogP contribution >= 0.6 is 40.7 Å². The molecule has 0 bridgehead atoms. The molecule has 1 spiro atoms. The Hall–Kier alpha value is -1.03. The number of hydrogen-bond acceptors (Lipinski definition) is 2. The van der Waals surface area contributed by atoms with Crippen molar-refractivity contribution in [3.63, 3.8) is 0 Å². The van der Waals surface area contributed by atoms with E-state index in [1.54, 1.807) is 0 Å². The number of hydrogen-bond donors (Lipinski definition) is 0. The van der Waals surface area contributed by atoms with E-state index in [2.05, 4.69) is 50.1 Å². The molecule has 2 aromatic carbocycles. The van der Waals surface area contributed by atoms with Crippen molar-refractivity contribution in [3.05, 3.63) is 58.6 Å². The molecule has 0 N–H and O–H groups in total. The third-order valence-electron chi connectivity index (χ3n) is 6.17. The van der Waals surface area contributed by atoms with Crippen LogP contribution in [-0.2, 0) is 0 Å². The molecule has 1 aliphatic carbocycles. The number of aliphatic imine (C=N–C) groups is 1. The predicted molar refractivity (Wildman–Crippen MR) is 129 cm³/mol. The fourth-order valence-electron chi connectivity index (χ4n) is 4.52. The largest absolute Gasteiger partial charge is 0.371 e. The van der Waals surface area contributed by atoms with E-state index >= 15 is 0 Å². The lowest BCUT2D eigenvalue weighted by Crippen LogP contribution is -2.41. The highest BCUT2D eigenvalue weighted by Crippen LogP contribution is 2.45. The molecule has 4 rings (SSSR count). The molecule has 1 aliphatic heterocycles. The highest BCUT2D eigenvalue weighted by Gasteiger charge is 2.35. The molecule has 5 heteroatoms. The molecule has 0 radical (unpaired) electrons. The van der Waals surface area contributed by atoms with Gasteiger partial charge in [0.1, 0.15) is 0 Å². The Morgan fingerprint density at radius 2 is 1.54 bits per heavy atom. The SMILES string of the molecule is Brc1cccc(N=Cc2ccc(N3CCC4(CCCCC4)CC3)cc2)c1.Cl.Cl. The lowest BCUT2D eigenvalue weighted by molar-refractivity contribution is 0.144. The first kappa shape index (κ1) is 23.3. The minimum absolute atomic E-state index is 0. The van der Waals surface area contributed by atoms with E-state index in [1.165, 1.54) is 63.7 Å². The highest BCUT2D eigenvalue weighted by atomic mass is 79.9. The maximum Gasteiger partial charge on any atom is 0.0641 e. The minimum Gasteiger partial charge on any atom is -0.371 e. The first-order valence-corrected chi connectivity index (χ1v) is 10.7. The van der Waals surface area contributed by atoms with Crippen molar-refractivity contribution < 1.29 is 0 Å². The molecular weight excluding hydrogens is 455 g/mol. The maximum absolute atomic E-state index is 4.57. The number of piperidine rings is 1. The van der Waals surface area contributed by atoms with E-state index in [-0.39, 0.29) is 24.8 Å². The number of halogens is 3. The predicted octanol–water partition coefficient (Wildman–Crippen LogP) is 7.59. The second-order valence-corrected chi connectivity index (χ2v) is 8.79. The Labute approximate surface area is 189 Å². The number of rotatable bonds is 3. The summed E-state index contributed by atoms with van der Waals surface area (Å²) in [6.45, 7) is 2.43. The molecule has 2 aliphatic rings. The summed E-state index contributed by atoms with van der Waals surface area (Å²) in [6, 6.07) is 16.9. The molecule has 0 aromatic heterocycles. The Bertz CT molecular complexity index is 760. The molecule has 2 fully saturated rings. The molecule has 1 heterocycles. The van der Waals surface area contributed by atoms with Crippen molar-refractivity contribution >= 4 is 58.3 Å². The average Bonchev–Trinajstić information content (AvgIpc) is 2.68. The summed E-state index contributed by atoms with van der Waals surface area (Å²) in [7, 11) is 0. The number of benzene rings is 2. The van der Waals surface area contributed by atoms with Crippen molar-refractivity contribution in [2.24, 2.45) is 10.4 Å². The zero-order valence-corrected chi connectivity index (χ0v) is 19.4. The zero-order chi connectivity index (χ0) is 17.8. The molecular formula is C23H29BrCl2N2. The van der Waals surface area contributed by atoms with Gasteiger partial charge < -0.3 is 4.90 Å². The molecule has 0 amide bonds. The van der Waals surface area contributed by atoms with Gasteiger partial charge in [-0.2, -0.15) is 0 Å². The van der Waals surface area contributed by atoms with E-state index < -0.39 is 0 Å².